The lowest BCUT2D eigenvalue weighted by Crippen LogP contribution is -2.25. The van der Waals surface area contributed by atoms with Gasteiger partial charge in [0.1, 0.15) is 0 Å². The highest BCUT2D eigenvalue weighted by atomic mass is 16.2. The Morgan fingerprint density at radius 3 is 2.40 bits per heavy atom. The van der Waals surface area contributed by atoms with Gasteiger partial charge in [0.25, 0.3) is 0 Å². The van der Waals surface area contributed by atoms with Crippen molar-refractivity contribution in [3.8, 4) is 0 Å². The number of rotatable bonds is 9. The zero-order chi connectivity index (χ0) is 14.6. The molecule has 114 valence electrons. The highest BCUT2D eigenvalue weighted by Gasteiger charge is 2.15. The van der Waals surface area contributed by atoms with Gasteiger partial charge in [0, 0.05) is 19.2 Å². The van der Waals surface area contributed by atoms with Crippen LogP contribution >= 0.6 is 0 Å². The quantitative estimate of drug-likeness (QED) is 0.335. The van der Waals surface area contributed by atoms with E-state index >= 15 is 0 Å². The minimum atomic E-state index is 0.184. The summed E-state index contributed by atoms with van der Waals surface area (Å²) in [5.41, 5.74) is 1.08. The Labute approximate surface area is 124 Å². The van der Waals surface area contributed by atoms with Gasteiger partial charge in [-0.1, -0.05) is 51.2 Å². The van der Waals surface area contributed by atoms with Gasteiger partial charge in [0.05, 0.1) is 0 Å². The van der Waals surface area contributed by atoms with Crippen molar-refractivity contribution in [1.82, 2.24) is 4.90 Å². The minimum absolute atomic E-state index is 0.184. The molecule has 0 unspecified atom stereocenters. The van der Waals surface area contributed by atoms with Crippen molar-refractivity contribution in [3.63, 3.8) is 0 Å². The summed E-state index contributed by atoms with van der Waals surface area (Å²) in [6.45, 7) is 6.14. The molecular weight excluding hydrogens is 246 g/mol. The van der Waals surface area contributed by atoms with Crippen LogP contribution in [0.2, 0.25) is 0 Å². The summed E-state index contributed by atoms with van der Waals surface area (Å²) >= 11 is 0. The third-order valence-electron chi connectivity index (χ3n) is 3.87. The smallest absolute Gasteiger partial charge is 0.246 e. The van der Waals surface area contributed by atoms with Crippen LogP contribution in [0.3, 0.4) is 0 Å². The highest BCUT2D eigenvalue weighted by molar-refractivity contribution is 5.88. The van der Waals surface area contributed by atoms with E-state index in [1.54, 1.807) is 6.08 Å². The first-order valence-corrected chi connectivity index (χ1v) is 8.37. The van der Waals surface area contributed by atoms with Gasteiger partial charge < -0.3 is 4.90 Å². The molecule has 1 heterocycles. The number of unbranched alkanes of at least 4 members (excludes halogenated alkanes) is 6. The SMILES string of the molecule is CCCCCCCC/C=C/C(C)=C\C(=O)N1CCCC1. The van der Waals surface area contributed by atoms with Crippen LogP contribution in [-0.2, 0) is 4.79 Å². The number of allylic oxidation sites excluding steroid dienone is 3. The minimum Gasteiger partial charge on any atom is -0.339 e. The summed E-state index contributed by atoms with van der Waals surface area (Å²) in [7, 11) is 0. The van der Waals surface area contributed by atoms with Crippen molar-refractivity contribution in [1.29, 1.82) is 0 Å². The number of likely N-dealkylation sites (tertiary alicyclic amines) is 1. The van der Waals surface area contributed by atoms with E-state index in [-0.39, 0.29) is 5.91 Å². The molecule has 0 atom stereocenters. The normalized spacial score (nSPS) is 16.3. The third-order valence-corrected chi connectivity index (χ3v) is 3.87. The van der Waals surface area contributed by atoms with Crippen molar-refractivity contribution in [2.24, 2.45) is 0 Å². The first-order chi connectivity index (χ1) is 9.74. The molecule has 2 nitrogen and oxygen atoms in total. The Hall–Kier alpha value is -1.05. The van der Waals surface area contributed by atoms with Gasteiger partial charge in [-0.3, -0.25) is 4.79 Å². The molecule has 1 amide bonds. The van der Waals surface area contributed by atoms with Gasteiger partial charge >= 0.3 is 0 Å². The Balaban J connectivity index is 2.12. The molecule has 1 aliphatic rings. The number of carbonyl (C=O) groups is 1. The van der Waals surface area contributed by atoms with Crippen molar-refractivity contribution >= 4 is 5.91 Å². The second-order valence-corrected chi connectivity index (χ2v) is 5.88. The van der Waals surface area contributed by atoms with Crippen LogP contribution in [0.4, 0.5) is 0 Å². The molecule has 0 aliphatic carbocycles. The monoisotopic (exact) mass is 277 g/mol. The van der Waals surface area contributed by atoms with E-state index in [4.69, 9.17) is 0 Å². The number of hydrogen-bond donors (Lipinski definition) is 0. The number of nitrogens with zero attached hydrogens (tertiary/aromatic N) is 1. The number of carbonyl (C=O) groups excluding carboxylic acids is 1. The van der Waals surface area contributed by atoms with E-state index < -0.39 is 0 Å². The fourth-order valence-corrected chi connectivity index (χ4v) is 2.58. The summed E-state index contributed by atoms with van der Waals surface area (Å²) in [5.74, 6) is 0.184. The maximum atomic E-state index is 11.9. The van der Waals surface area contributed by atoms with Gasteiger partial charge in [-0.05, 0) is 38.2 Å². The van der Waals surface area contributed by atoms with Crippen LogP contribution in [-0.4, -0.2) is 23.9 Å². The molecule has 0 aromatic carbocycles. The largest absolute Gasteiger partial charge is 0.339 e. The number of amides is 1. The lowest BCUT2D eigenvalue weighted by molar-refractivity contribution is -0.125. The van der Waals surface area contributed by atoms with Crippen molar-refractivity contribution < 1.29 is 4.79 Å². The molecule has 0 aromatic rings. The van der Waals surface area contributed by atoms with E-state index in [0.717, 1.165) is 37.9 Å². The average molecular weight is 277 g/mol. The second-order valence-electron chi connectivity index (χ2n) is 5.88. The van der Waals surface area contributed by atoms with E-state index in [0.29, 0.717) is 0 Å². The first kappa shape index (κ1) is 17.0. The number of hydrogen-bond acceptors (Lipinski definition) is 1. The molecule has 2 heteroatoms. The molecule has 0 saturated carbocycles. The maximum absolute atomic E-state index is 11.9. The summed E-state index contributed by atoms with van der Waals surface area (Å²) in [4.78, 5) is 13.9. The van der Waals surface area contributed by atoms with Crippen LogP contribution in [0.1, 0.15) is 71.6 Å². The Kier molecular flexibility index (Phi) is 9.10. The van der Waals surface area contributed by atoms with Crippen LogP contribution in [0, 0.1) is 0 Å². The van der Waals surface area contributed by atoms with Crippen LogP contribution in [0.5, 0.6) is 0 Å². The molecule has 0 spiro atoms. The molecule has 1 saturated heterocycles. The summed E-state index contributed by atoms with van der Waals surface area (Å²) in [5, 5.41) is 0. The van der Waals surface area contributed by atoms with E-state index in [1.165, 1.54) is 38.5 Å². The lowest BCUT2D eigenvalue weighted by atomic mass is 10.1. The van der Waals surface area contributed by atoms with Gasteiger partial charge in [-0.15, -0.1) is 0 Å². The lowest BCUT2D eigenvalue weighted by Gasteiger charge is -2.12. The highest BCUT2D eigenvalue weighted by Crippen LogP contribution is 2.10. The molecule has 20 heavy (non-hydrogen) atoms. The van der Waals surface area contributed by atoms with E-state index in [9.17, 15) is 4.79 Å². The zero-order valence-electron chi connectivity index (χ0n) is 13.4. The molecular formula is C18H31NO. The molecule has 1 aliphatic heterocycles. The van der Waals surface area contributed by atoms with Crippen molar-refractivity contribution in [2.75, 3.05) is 13.1 Å². The van der Waals surface area contributed by atoms with Crippen molar-refractivity contribution in [3.05, 3.63) is 23.8 Å². The van der Waals surface area contributed by atoms with Gasteiger partial charge in [0.2, 0.25) is 5.91 Å². The summed E-state index contributed by atoms with van der Waals surface area (Å²) in [6, 6.07) is 0. The van der Waals surface area contributed by atoms with Crippen LogP contribution in [0.15, 0.2) is 23.8 Å². The van der Waals surface area contributed by atoms with Gasteiger partial charge in [-0.2, -0.15) is 0 Å². The van der Waals surface area contributed by atoms with Crippen LogP contribution < -0.4 is 0 Å². The third kappa shape index (κ3) is 7.52. The zero-order valence-corrected chi connectivity index (χ0v) is 13.4. The van der Waals surface area contributed by atoms with Gasteiger partial charge in [0.15, 0.2) is 0 Å². The molecule has 1 fully saturated rings. The van der Waals surface area contributed by atoms with Gasteiger partial charge in [-0.25, -0.2) is 0 Å². The average Bonchev–Trinajstić information content (AvgIpc) is 2.96. The summed E-state index contributed by atoms with van der Waals surface area (Å²) < 4.78 is 0. The predicted octanol–water partition coefficient (Wildman–Crippen LogP) is 4.86. The Bertz CT molecular complexity index is 324. The standard InChI is InChI=1S/C18H31NO/c1-3-4-5-6-7-8-9-10-13-17(2)16-18(20)19-14-11-12-15-19/h10,13,16H,3-9,11-12,14-15H2,1-2H3/b13-10+,17-16-. The molecule has 0 bridgehead atoms. The predicted molar refractivity (Wildman–Crippen MR) is 86.7 cm³/mol. The van der Waals surface area contributed by atoms with Crippen molar-refractivity contribution in [2.45, 2.75) is 71.6 Å². The fourth-order valence-electron chi connectivity index (χ4n) is 2.58. The van der Waals surface area contributed by atoms with E-state index in [1.807, 2.05) is 11.8 Å². The first-order valence-electron chi connectivity index (χ1n) is 8.37. The second kappa shape index (κ2) is 10.7. The van der Waals surface area contributed by atoms with Crippen LogP contribution in [0.25, 0.3) is 0 Å². The maximum Gasteiger partial charge on any atom is 0.246 e. The summed E-state index contributed by atoms with van der Waals surface area (Å²) in [6.07, 6.45) is 17.6. The molecule has 1 rings (SSSR count). The Morgan fingerprint density at radius 2 is 1.70 bits per heavy atom. The molecule has 0 radical (unpaired) electrons. The molecule has 0 N–H and O–H groups in total. The fraction of sp³-hybridized carbons (Fsp3) is 0.722. The molecule has 0 aromatic heterocycles. The Morgan fingerprint density at radius 1 is 1.05 bits per heavy atom. The topological polar surface area (TPSA) is 20.3 Å². The van der Waals surface area contributed by atoms with E-state index in [2.05, 4.69) is 19.1 Å².